The average Bonchev–Trinajstić information content (AvgIpc) is 2.56. The standard InChI is InChI=1S/C20H26N2O2/c1-4-22(17-8-6-5-7-9-17)20(23)13-11-16-10-12-19(18(21)14-16)24-15(2)3/h5-10,12,14-15H,4,11,13,21H2,1-3H3. The van der Waals surface area contributed by atoms with Crippen LogP contribution in [-0.4, -0.2) is 18.6 Å². The number of ether oxygens (including phenoxy) is 1. The lowest BCUT2D eigenvalue weighted by molar-refractivity contribution is -0.118. The number of aryl methyl sites for hydroxylation is 1. The van der Waals surface area contributed by atoms with E-state index in [-0.39, 0.29) is 12.0 Å². The highest BCUT2D eigenvalue weighted by Gasteiger charge is 2.14. The van der Waals surface area contributed by atoms with Crippen molar-refractivity contribution in [2.24, 2.45) is 0 Å². The molecule has 0 heterocycles. The number of nitrogens with two attached hydrogens (primary N) is 1. The molecule has 4 nitrogen and oxygen atoms in total. The van der Waals surface area contributed by atoms with Gasteiger partial charge in [0.25, 0.3) is 0 Å². The van der Waals surface area contributed by atoms with Crippen molar-refractivity contribution < 1.29 is 9.53 Å². The lowest BCUT2D eigenvalue weighted by Gasteiger charge is -2.21. The molecule has 0 aromatic heterocycles. The number of nitrogen functional groups attached to an aromatic ring is 1. The maximum Gasteiger partial charge on any atom is 0.227 e. The van der Waals surface area contributed by atoms with E-state index < -0.39 is 0 Å². The Bertz CT molecular complexity index is 669. The minimum atomic E-state index is 0.0868. The zero-order valence-corrected chi connectivity index (χ0v) is 14.7. The highest BCUT2D eigenvalue weighted by atomic mass is 16.5. The van der Waals surface area contributed by atoms with Crippen LogP contribution in [0.5, 0.6) is 5.75 Å². The Labute approximate surface area is 144 Å². The fourth-order valence-electron chi connectivity index (χ4n) is 2.61. The first-order valence-electron chi connectivity index (χ1n) is 8.41. The Morgan fingerprint density at radius 1 is 1.17 bits per heavy atom. The van der Waals surface area contributed by atoms with Gasteiger partial charge in [-0.15, -0.1) is 0 Å². The maximum atomic E-state index is 12.5. The van der Waals surface area contributed by atoms with Crippen molar-refractivity contribution in [2.75, 3.05) is 17.2 Å². The van der Waals surface area contributed by atoms with Crippen molar-refractivity contribution in [1.29, 1.82) is 0 Å². The highest BCUT2D eigenvalue weighted by molar-refractivity contribution is 5.93. The van der Waals surface area contributed by atoms with E-state index in [1.54, 1.807) is 4.90 Å². The predicted molar refractivity (Wildman–Crippen MR) is 99.4 cm³/mol. The van der Waals surface area contributed by atoms with Crippen LogP contribution in [0.4, 0.5) is 11.4 Å². The van der Waals surface area contributed by atoms with Gasteiger partial charge in [0.2, 0.25) is 5.91 Å². The molecule has 0 spiro atoms. The first kappa shape index (κ1) is 17.9. The molecule has 0 radical (unpaired) electrons. The molecule has 2 N–H and O–H groups in total. The number of rotatable bonds is 7. The van der Waals surface area contributed by atoms with Gasteiger partial charge in [-0.25, -0.2) is 0 Å². The van der Waals surface area contributed by atoms with Crippen LogP contribution >= 0.6 is 0 Å². The quantitative estimate of drug-likeness (QED) is 0.781. The van der Waals surface area contributed by atoms with Gasteiger partial charge in [0.15, 0.2) is 0 Å². The van der Waals surface area contributed by atoms with E-state index in [9.17, 15) is 4.79 Å². The minimum absolute atomic E-state index is 0.0868. The Kier molecular flexibility index (Phi) is 6.24. The summed E-state index contributed by atoms with van der Waals surface area (Å²) in [5.41, 5.74) is 8.63. The predicted octanol–water partition coefficient (Wildman–Crippen LogP) is 4.04. The van der Waals surface area contributed by atoms with E-state index in [1.165, 1.54) is 0 Å². The summed E-state index contributed by atoms with van der Waals surface area (Å²) in [5, 5.41) is 0. The molecule has 128 valence electrons. The molecule has 0 saturated heterocycles. The fraction of sp³-hybridized carbons (Fsp3) is 0.350. The van der Waals surface area contributed by atoms with Crippen LogP contribution < -0.4 is 15.4 Å². The summed E-state index contributed by atoms with van der Waals surface area (Å²) in [6.07, 6.45) is 1.20. The molecule has 2 aromatic carbocycles. The van der Waals surface area contributed by atoms with Gasteiger partial charge >= 0.3 is 0 Å². The van der Waals surface area contributed by atoms with Crippen molar-refractivity contribution in [3.8, 4) is 5.75 Å². The minimum Gasteiger partial charge on any atom is -0.489 e. The highest BCUT2D eigenvalue weighted by Crippen LogP contribution is 2.24. The summed E-state index contributed by atoms with van der Waals surface area (Å²) in [6, 6.07) is 15.5. The third-order valence-corrected chi connectivity index (χ3v) is 3.75. The van der Waals surface area contributed by atoms with Crippen LogP contribution in [0.1, 0.15) is 32.8 Å². The normalized spacial score (nSPS) is 10.7. The second-order valence-corrected chi connectivity index (χ2v) is 6.01. The van der Waals surface area contributed by atoms with Crippen LogP contribution in [0.3, 0.4) is 0 Å². The number of amides is 1. The third kappa shape index (κ3) is 4.75. The number of nitrogens with zero attached hydrogens (tertiary/aromatic N) is 1. The molecular formula is C20H26N2O2. The molecular weight excluding hydrogens is 300 g/mol. The van der Waals surface area contributed by atoms with E-state index in [0.717, 1.165) is 11.3 Å². The SMILES string of the molecule is CCN(C(=O)CCc1ccc(OC(C)C)c(N)c1)c1ccccc1. The van der Waals surface area contributed by atoms with Gasteiger partial charge in [-0.3, -0.25) is 4.79 Å². The number of hydrogen-bond acceptors (Lipinski definition) is 3. The smallest absolute Gasteiger partial charge is 0.227 e. The van der Waals surface area contributed by atoms with Gasteiger partial charge in [0.05, 0.1) is 11.8 Å². The molecule has 4 heteroatoms. The average molecular weight is 326 g/mol. The van der Waals surface area contributed by atoms with Gasteiger partial charge in [-0.05, 0) is 57.0 Å². The zero-order chi connectivity index (χ0) is 17.5. The monoisotopic (exact) mass is 326 g/mol. The van der Waals surface area contributed by atoms with Gasteiger partial charge in [0.1, 0.15) is 5.75 Å². The van der Waals surface area contributed by atoms with E-state index in [0.29, 0.717) is 30.8 Å². The lowest BCUT2D eigenvalue weighted by atomic mass is 10.1. The van der Waals surface area contributed by atoms with Gasteiger partial charge < -0.3 is 15.4 Å². The molecule has 0 aliphatic heterocycles. The molecule has 0 fully saturated rings. The third-order valence-electron chi connectivity index (χ3n) is 3.75. The molecule has 0 bridgehead atoms. The number of carbonyl (C=O) groups is 1. The summed E-state index contributed by atoms with van der Waals surface area (Å²) in [4.78, 5) is 14.3. The van der Waals surface area contributed by atoms with E-state index in [4.69, 9.17) is 10.5 Å². The van der Waals surface area contributed by atoms with Crippen molar-refractivity contribution in [3.63, 3.8) is 0 Å². The van der Waals surface area contributed by atoms with Crippen LogP contribution in [0, 0.1) is 0 Å². The van der Waals surface area contributed by atoms with Crippen molar-refractivity contribution in [2.45, 2.75) is 39.7 Å². The summed E-state index contributed by atoms with van der Waals surface area (Å²) < 4.78 is 5.64. The van der Waals surface area contributed by atoms with Crippen LogP contribution in [0.15, 0.2) is 48.5 Å². The molecule has 0 saturated carbocycles. The van der Waals surface area contributed by atoms with Gasteiger partial charge in [-0.2, -0.15) is 0 Å². The molecule has 2 aromatic rings. The molecule has 24 heavy (non-hydrogen) atoms. The Hall–Kier alpha value is -2.49. The van der Waals surface area contributed by atoms with Crippen molar-refractivity contribution in [1.82, 2.24) is 0 Å². The maximum absolute atomic E-state index is 12.5. The van der Waals surface area contributed by atoms with E-state index in [2.05, 4.69) is 0 Å². The van der Waals surface area contributed by atoms with Crippen LogP contribution in [0.2, 0.25) is 0 Å². The largest absolute Gasteiger partial charge is 0.489 e. The van der Waals surface area contributed by atoms with Crippen LogP contribution in [0.25, 0.3) is 0 Å². The van der Waals surface area contributed by atoms with E-state index >= 15 is 0 Å². The number of anilines is 2. The summed E-state index contributed by atoms with van der Waals surface area (Å²) >= 11 is 0. The molecule has 0 aliphatic carbocycles. The first-order chi connectivity index (χ1) is 11.5. The van der Waals surface area contributed by atoms with Crippen LogP contribution in [-0.2, 0) is 11.2 Å². The lowest BCUT2D eigenvalue weighted by Crippen LogP contribution is -2.30. The van der Waals surface area contributed by atoms with Crippen molar-refractivity contribution in [3.05, 3.63) is 54.1 Å². The number of hydrogen-bond donors (Lipinski definition) is 1. The van der Waals surface area contributed by atoms with Crippen molar-refractivity contribution >= 4 is 17.3 Å². The molecule has 2 rings (SSSR count). The topological polar surface area (TPSA) is 55.6 Å². The molecule has 0 atom stereocenters. The number of benzene rings is 2. The van der Waals surface area contributed by atoms with Gasteiger partial charge in [0, 0.05) is 18.7 Å². The summed E-state index contributed by atoms with van der Waals surface area (Å²) in [5.74, 6) is 0.810. The molecule has 1 amide bonds. The first-order valence-corrected chi connectivity index (χ1v) is 8.41. The Morgan fingerprint density at radius 2 is 1.88 bits per heavy atom. The Balaban J connectivity index is 1.99. The summed E-state index contributed by atoms with van der Waals surface area (Å²) in [7, 11) is 0. The Morgan fingerprint density at radius 3 is 2.46 bits per heavy atom. The molecule has 0 unspecified atom stereocenters. The number of para-hydroxylation sites is 1. The second-order valence-electron chi connectivity index (χ2n) is 6.01. The fourth-order valence-corrected chi connectivity index (χ4v) is 2.61. The zero-order valence-electron chi connectivity index (χ0n) is 14.7. The molecule has 0 aliphatic rings. The number of carbonyl (C=O) groups excluding carboxylic acids is 1. The van der Waals surface area contributed by atoms with Gasteiger partial charge in [-0.1, -0.05) is 24.3 Å². The van der Waals surface area contributed by atoms with E-state index in [1.807, 2.05) is 69.3 Å². The second kappa shape index (κ2) is 8.39. The summed E-state index contributed by atoms with van der Waals surface area (Å²) in [6.45, 7) is 6.58.